The summed E-state index contributed by atoms with van der Waals surface area (Å²) in [6.45, 7) is 1.10. The van der Waals surface area contributed by atoms with Crippen molar-refractivity contribution in [2.45, 2.75) is 13.1 Å². The zero-order valence-electron chi connectivity index (χ0n) is 12.8. The van der Waals surface area contributed by atoms with Gasteiger partial charge in [0, 0.05) is 30.7 Å². The zero-order valence-corrected chi connectivity index (χ0v) is 13.6. The van der Waals surface area contributed by atoms with Crippen LogP contribution in [-0.4, -0.2) is 18.9 Å². The third kappa shape index (κ3) is 5.00. The van der Waals surface area contributed by atoms with Crippen LogP contribution in [0.3, 0.4) is 0 Å². The second-order valence-electron chi connectivity index (χ2n) is 4.94. The predicted octanol–water partition coefficient (Wildman–Crippen LogP) is 2.30. The number of benzene rings is 2. The smallest absolute Gasteiger partial charge is 0.248 e. The average Bonchev–Trinajstić information content (AvgIpc) is 2.56. The lowest BCUT2D eigenvalue weighted by Crippen LogP contribution is -2.36. The van der Waals surface area contributed by atoms with E-state index >= 15 is 0 Å². The number of hydrogen-bond donors (Lipinski definition) is 3. The summed E-state index contributed by atoms with van der Waals surface area (Å²) in [5.74, 6) is 0.211. The lowest BCUT2D eigenvalue weighted by Gasteiger charge is -2.13. The maximum absolute atomic E-state index is 11.2. The second-order valence-corrected chi connectivity index (χ2v) is 5.34. The number of primary amides is 1. The highest BCUT2D eigenvalue weighted by Gasteiger charge is 2.04. The summed E-state index contributed by atoms with van der Waals surface area (Å²) in [5.41, 5.74) is 7.71. The third-order valence-electron chi connectivity index (χ3n) is 3.30. The Labute approximate surface area is 140 Å². The summed E-state index contributed by atoms with van der Waals surface area (Å²) in [7, 11) is 1.70. The summed E-state index contributed by atoms with van der Waals surface area (Å²) in [4.78, 5) is 15.4. The first kappa shape index (κ1) is 16.8. The Morgan fingerprint density at radius 2 is 1.87 bits per heavy atom. The molecule has 0 aliphatic carbocycles. The summed E-state index contributed by atoms with van der Waals surface area (Å²) in [6.07, 6.45) is 0. The molecule has 2 aromatic rings. The Morgan fingerprint density at radius 1 is 1.13 bits per heavy atom. The molecule has 0 aliphatic heterocycles. The van der Waals surface area contributed by atoms with Gasteiger partial charge >= 0.3 is 0 Å². The number of nitrogens with one attached hydrogen (secondary N) is 2. The van der Waals surface area contributed by atoms with Crippen molar-refractivity contribution in [2.24, 2.45) is 10.7 Å². The van der Waals surface area contributed by atoms with E-state index in [1.807, 2.05) is 30.3 Å². The van der Waals surface area contributed by atoms with Crippen molar-refractivity contribution < 1.29 is 4.79 Å². The number of carbonyl (C=O) groups is 1. The lowest BCUT2D eigenvalue weighted by molar-refractivity contribution is 0.1000. The van der Waals surface area contributed by atoms with Gasteiger partial charge in [0.05, 0.1) is 0 Å². The predicted molar refractivity (Wildman–Crippen MR) is 93.5 cm³/mol. The number of halogens is 1. The lowest BCUT2D eigenvalue weighted by atomic mass is 10.1. The van der Waals surface area contributed by atoms with Crippen LogP contribution in [0.5, 0.6) is 0 Å². The third-order valence-corrected chi connectivity index (χ3v) is 3.67. The van der Waals surface area contributed by atoms with Crippen molar-refractivity contribution >= 4 is 23.5 Å². The molecule has 0 heterocycles. The quantitative estimate of drug-likeness (QED) is 0.581. The molecule has 0 radical (unpaired) electrons. The summed E-state index contributed by atoms with van der Waals surface area (Å²) in [6, 6.07) is 14.8. The van der Waals surface area contributed by atoms with Crippen LogP contribution in [0.25, 0.3) is 0 Å². The second kappa shape index (κ2) is 8.19. The highest BCUT2D eigenvalue weighted by atomic mass is 35.5. The number of aliphatic imine (C=N–C) groups is 1. The van der Waals surface area contributed by atoms with Gasteiger partial charge in [0.2, 0.25) is 5.91 Å². The maximum Gasteiger partial charge on any atom is 0.248 e. The fourth-order valence-corrected chi connectivity index (χ4v) is 2.26. The van der Waals surface area contributed by atoms with Crippen LogP contribution < -0.4 is 16.4 Å². The molecule has 4 N–H and O–H groups in total. The molecule has 0 saturated heterocycles. The summed E-state index contributed by atoms with van der Waals surface area (Å²) in [5, 5.41) is 7.09. The normalized spacial score (nSPS) is 11.1. The molecule has 1 amide bonds. The Morgan fingerprint density at radius 3 is 2.57 bits per heavy atom. The van der Waals surface area contributed by atoms with E-state index in [-0.39, 0.29) is 0 Å². The largest absolute Gasteiger partial charge is 0.366 e. The number of guanidine groups is 1. The van der Waals surface area contributed by atoms with E-state index in [2.05, 4.69) is 15.6 Å². The number of rotatable bonds is 5. The van der Waals surface area contributed by atoms with Gasteiger partial charge in [0.1, 0.15) is 0 Å². The van der Waals surface area contributed by atoms with Crippen LogP contribution in [0, 0.1) is 0 Å². The van der Waals surface area contributed by atoms with E-state index in [1.165, 1.54) is 0 Å². The van der Waals surface area contributed by atoms with E-state index in [0.29, 0.717) is 29.6 Å². The monoisotopic (exact) mass is 330 g/mol. The van der Waals surface area contributed by atoms with E-state index in [9.17, 15) is 4.79 Å². The van der Waals surface area contributed by atoms with E-state index in [1.54, 1.807) is 25.2 Å². The van der Waals surface area contributed by atoms with Crippen molar-refractivity contribution in [1.29, 1.82) is 0 Å². The van der Waals surface area contributed by atoms with Crippen molar-refractivity contribution in [1.82, 2.24) is 10.6 Å². The minimum atomic E-state index is -0.437. The van der Waals surface area contributed by atoms with E-state index in [0.717, 1.165) is 11.1 Å². The van der Waals surface area contributed by atoms with E-state index < -0.39 is 5.91 Å². The van der Waals surface area contributed by atoms with Gasteiger partial charge in [0.25, 0.3) is 0 Å². The fraction of sp³-hybridized carbons (Fsp3) is 0.176. The molecule has 120 valence electrons. The van der Waals surface area contributed by atoms with Gasteiger partial charge in [0.15, 0.2) is 5.96 Å². The molecule has 5 nitrogen and oxygen atoms in total. The van der Waals surface area contributed by atoms with Crippen LogP contribution in [0.2, 0.25) is 5.02 Å². The fourth-order valence-electron chi connectivity index (χ4n) is 2.06. The van der Waals surface area contributed by atoms with Gasteiger partial charge in [-0.3, -0.25) is 9.79 Å². The molecule has 0 fully saturated rings. The number of hydrogen-bond acceptors (Lipinski definition) is 2. The zero-order chi connectivity index (χ0) is 16.7. The molecule has 0 unspecified atom stereocenters. The van der Waals surface area contributed by atoms with Crippen LogP contribution >= 0.6 is 11.6 Å². The molecule has 0 spiro atoms. The molecule has 23 heavy (non-hydrogen) atoms. The Kier molecular flexibility index (Phi) is 6.00. The van der Waals surface area contributed by atoms with Gasteiger partial charge in [-0.2, -0.15) is 0 Å². The Balaban J connectivity index is 1.92. The first-order valence-electron chi connectivity index (χ1n) is 7.17. The molecule has 0 aromatic heterocycles. The molecule has 0 aliphatic rings. The van der Waals surface area contributed by atoms with Gasteiger partial charge in [-0.25, -0.2) is 0 Å². The van der Waals surface area contributed by atoms with Gasteiger partial charge < -0.3 is 16.4 Å². The average molecular weight is 331 g/mol. The van der Waals surface area contributed by atoms with Crippen molar-refractivity contribution in [3.05, 3.63) is 70.2 Å². The molecule has 2 aromatic carbocycles. The molecule has 0 saturated carbocycles. The standard InChI is InChI=1S/C17H19ClN4O/c1-20-17(22-11-14-6-2-3-8-15(14)18)21-10-12-5-4-7-13(9-12)16(19)23/h2-9H,10-11H2,1H3,(H2,19,23)(H2,20,21,22). The minimum Gasteiger partial charge on any atom is -0.366 e. The molecular weight excluding hydrogens is 312 g/mol. The van der Waals surface area contributed by atoms with Crippen LogP contribution in [0.4, 0.5) is 0 Å². The van der Waals surface area contributed by atoms with Crippen LogP contribution in [0.15, 0.2) is 53.5 Å². The topological polar surface area (TPSA) is 79.5 Å². The molecule has 0 bridgehead atoms. The molecular formula is C17H19ClN4O. The summed E-state index contributed by atoms with van der Waals surface area (Å²) >= 11 is 6.13. The van der Waals surface area contributed by atoms with Crippen LogP contribution in [-0.2, 0) is 13.1 Å². The number of nitrogens with two attached hydrogens (primary N) is 1. The highest BCUT2D eigenvalue weighted by molar-refractivity contribution is 6.31. The van der Waals surface area contributed by atoms with Crippen molar-refractivity contribution in [3.63, 3.8) is 0 Å². The van der Waals surface area contributed by atoms with Gasteiger partial charge in [-0.15, -0.1) is 0 Å². The van der Waals surface area contributed by atoms with Crippen LogP contribution in [0.1, 0.15) is 21.5 Å². The number of carbonyl (C=O) groups excluding carboxylic acids is 1. The summed E-state index contributed by atoms with van der Waals surface area (Å²) < 4.78 is 0. The minimum absolute atomic E-state index is 0.437. The Bertz CT molecular complexity index is 715. The van der Waals surface area contributed by atoms with Gasteiger partial charge in [-0.1, -0.05) is 41.9 Å². The first-order valence-corrected chi connectivity index (χ1v) is 7.54. The van der Waals surface area contributed by atoms with Crippen molar-refractivity contribution in [3.8, 4) is 0 Å². The highest BCUT2D eigenvalue weighted by Crippen LogP contribution is 2.14. The maximum atomic E-state index is 11.2. The van der Waals surface area contributed by atoms with E-state index in [4.69, 9.17) is 17.3 Å². The number of nitrogens with zero attached hydrogens (tertiary/aromatic N) is 1. The van der Waals surface area contributed by atoms with Crippen molar-refractivity contribution in [2.75, 3.05) is 7.05 Å². The Hall–Kier alpha value is -2.53. The first-order chi connectivity index (χ1) is 11.1. The molecule has 0 atom stereocenters. The number of amides is 1. The molecule has 6 heteroatoms. The molecule has 2 rings (SSSR count). The van der Waals surface area contributed by atoms with Gasteiger partial charge in [-0.05, 0) is 29.3 Å². The SMILES string of the molecule is CN=C(NCc1cccc(C(N)=O)c1)NCc1ccccc1Cl.